The van der Waals surface area contributed by atoms with E-state index in [1.165, 1.54) is 36.4 Å². The van der Waals surface area contributed by atoms with E-state index in [4.69, 9.17) is 11.6 Å². The average Bonchev–Trinajstić information content (AvgIpc) is 2.72. The second-order valence-corrected chi connectivity index (χ2v) is 9.78. The fourth-order valence-electron chi connectivity index (χ4n) is 3.06. The molecule has 6 heteroatoms. The number of ketones is 2. The van der Waals surface area contributed by atoms with E-state index in [1.54, 1.807) is 36.4 Å². The monoisotopic (exact) mass is 440 g/mol. The Balaban J connectivity index is 2.02. The summed E-state index contributed by atoms with van der Waals surface area (Å²) < 4.78 is 26.7. The number of aryl methyl sites for hydroxylation is 2. The van der Waals surface area contributed by atoms with E-state index < -0.39 is 33.1 Å². The highest BCUT2D eigenvalue weighted by atomic mass is 35.5. The van der Waals surface area contributed by atoms with Crippen LogP contribution in [0.4, 0.5) is 0 Å². The maximum Gasteiger partial charge on any atom is 0.189 e. The van der Waals surface area contributed by atoms with E-state index in [0.29, 0.717) is 10.6 Å². The quantitative estimate of drug-likeness (QED) is 0.470. The van der Waals surface area contributed by atoms with Crippen molar-refractivity contribution in [1.29, 1.82) is 0 Å². The summed E-state index contributed by atoms with van der Waals surface area (Å²) in [6.45, 7) is 3.73. The summed E-state index contributed by atoms with van der Waals surface area (Å²) in [4.78, 5) is 26.1. The number of halogens is 1. The molecule has 0 fully saturated rings. The topological polar surface area (TPSA) is 68.3 Å². The third-order valence-electron chi connectivity index (χ3n) is 4.89. The third kappa shape index (κ3) is 4.86. The summed E-state index contributed by atoms with van der Waals surface area (Å²) in [6, 6.07) is 19.1. The molecule has 0 aliphatic heterocycles. The highest BCUT2D eigenvalue weighted by Crippen LogP contribution is 2.25. The fraction of sp³-hybridized carbons (Fsp3) is 0.167. The van der Waals surface area contributed by atoms with Gasteiger partial charge >= 0.3 is 0 Å². The smallest absolute Gasteiger partial charge is 0.189 e. The lowest BCUT2D eigenvalue weighted by molar-refractivity contribution is 0.0920. The van der Waals surface area contributed by atoms with Gasteiger partial charge in [-0.3, -0.25) is 9.59 Å². The molecule has 0 aliphatic rings. The van der Waals surface area contributed by atoms with Gasteiger partial charge in [-0.2, -0.15) is 0 Å². The van der Waals surface area contributed by atoms with Crippen LogP contribution in [0.25, 0.3) is 0 Å². The van der Waals surface area contributed by atoms with E-state index in [0.717, 1.165) is 11.1 Å². The van der Waals surface area contributed by atoms with Crippen molar-refractivity contribution in [2.24, 2.45) is 0 Å². The van der Waals surface area contributed by atoms with Crippen LogP contribution in [-0.4, -0.2) is 25.2 Å². The Morgan fingerprint density at radius 1 is 0.767 bits per heavy atom. The highest BCUT2D eigenvalue weighted by molar-refractivity contribution is 7.92. The van der Waals surface area contributed by atoms with Gasteiger partial charge in [0.25, 0.3) is 0 Å². The van der Waals surface area contributed by atoms with Gasteiger partial charge in [-0.1, -0.05) is 59.1 Å². The molecule has 0 radical (unpaired) electrons. The molecule has 30 heavy (non-hydrogen) atoms. The minimum Gasteiger partial charge on any atom is -0.294 e. The van der Waals surface area contributed by atoms with E-state index in [1.807, 2.05) is 13.8 Å². The molecule has 0 aromatic heterocycles. The number of carbonyl (C=O) groups excluding carboxylic acids is 2. The van der Waals surface area contributed by atoms with Crippen LogP contribution in [0.5, 0.6) is 0 Å². The summed E-state index contributed by atoms with van der Waals surface area (Å²) >= 11 is 5.89. The molecule has 0 unspecified atom stereocenters. The molecule has 0 bridgehead atoms. The Kier molecular flexibility index (Phi) is 6.54. The Hall–Kier alpha value is -2.76. The van der Waals surface area contributed by atoms with Crippen molar-refractivity contribution in [3.8, 4) is 0 Å². The molecule has 1 atom stereocenters. The molecule has 0 aliphatic carbocycles. The number of hydrogen-bond acceptors (Lipinski definition) is 4. The van der Waals surface area contributed by atoms with Crippen molar-refractivity contribution in [3.63, 3.8) is 0 Å². The van der Waals surface area contributed by atoms with E-state index in [-0.39, 0.29) is 10.5 Å². The first-order chi connectivity index (χ1) is 14.2. The second-order valence-electron chi connectivity index (χ2n) is 7.21. The lowest BCUT2D eigenvalue weighted by Gasteiger charge is -2.17. The lowest BCUT2D eigenvalue weighted by atomic mass is 10.0. The molecule has 0 heterocycles. The van der Waals surface area contributed by atoms with E-state index in [2.05, 4.69) is 0 Å². The van der Waals surface area contributed by atoms with Crippen LogP contribution in [0.2, 0.25) is 5.02 Å². The van der Waals surface area contributed by atoms with Crippen molar-refractivity contribution in [1.82, 2.24) is 0 Å². The predicted octanol–water partition coefficient (Wildman–Crippen LogP) is 5.26. The Morgan fingerprint density at radius 2 is 1.23 bits per heavy atom. The van der Waals surface area contributed by atoms with Crippen molar-refractivity contribution < 1.29 is 18.0 Å². The summed E-state index contributed by atoms with van der Waals surface area (Å²) in [7, 11) is -4.09. The zero-order valence-electron chi connectivity index (χ0n) is 16.6. The van der Waals surface area contributed by atoms with Crippen LogP contribution in [-0.2, 0) is 9.84 Å². The Labute approximate surface area is 181 Å². The molecule has 0 N–H and O–H groups in total. The molecule has 3 aromatic rings. The van der Waals surface area contributed by atoms with Crippen LogP contribution in [0.1, 0.15) is 38.3 Å². The SMILES string of the molecule is Cc1ccc(C(=O)C[C@H](C(=O)c2ccc(Cl)cc2)S(=O)(=O)c2ccc(C)cc2)cc1. The van der Waals surface area contributed by atoms with Gasteiger partial charge in [0, 0.05) is 22.6 Å². The lowest BCUT2D eigenvalue weighted by Crippen LogP contribution is -2.33. The summed E-state index contributed by atoms with van der Waals surface area (Å²) in [5.74, 6) is -1.04. The van der Waals surface area contributed by atoms with E-state index >= 15 is 0 Å². The zero-order valence-corrected chi connectivity index (χ0v) is 18.2. The molecule has 0 saturated heterocycles. The van der Waals surface area contributed by atoms with Crippen LogP contribution in [0.15, 0.2) is 77.7 Å². The summed E-state index contributed by atoms with van der Waals surface area (Å²) in [5, 5.41) is -1.10. The number of rotatable bonds is 7. The fourth-order valence-corrected chi connectivity index (χ4v) is 4.82. The third-order valence-corrected chi connectivity index (χ3v) is 7.20. The standard InChI is InChI=1S/C24H21ClO4S/c1-16-3-7-18(8-4-16)22(26)15-23(24(27)19-9-11-20(25)12-10-19)30(28,29)21-13-5-17(2)6-14-21/h3-14,23H,15H2,1-2H3/t23-/m1/s1. The molecule has 0 spiro atoms. The maximum absolute atomic E-state index is 13.3. The average molecular weight is 441 g/mol. The van der Waals surface area contributed by atoms with Gasteiger partial charge in [-0.15, -0.1) is 0 Å². The van der Waals surface area contributed by atoms with Gasteiger partial charge in [0.15, 0.2) is 21.4 Å². The van der Waals surface area contributed by atoms with Gasteiger partial charge in [0.2, 0.25) is 0 Å². The normalized spacial score (nSPS) is 12.4. The van der Waals surface area contributed by atoms with Crippen molar-refractivity contribution in [2.45, 2.75) is 30.4 Å². The van der Waals surface area contributed by atoms with Gasteiger partial charge in [0.05, 0.1) is 4.90 Å². The molecule has 4 nitrogen and oxygen atoms in total. The molecular formula is C24H21ClO4S. The van der Waals surface area contributed by atoms with Gasteiger partial charge < -0.3 is 0 Å². The van der Waals surface area contributed by atoms with Crippen LogP contribution in [0.3, 0.4) is 0 Å². The Bertz CT molecular complexity index is 1160. The minimum atomic E-state index is -4.09. The Morgan fingerprint density at radius 3 is 1.77 bits per heavy atom. The van der Waals surface area contributed by atoms with Crippen LogP contribution in [0, 0.1) is 13.8 Å². The molecule has 0 saturated carbocycles. The number of benzene rings is 3. The summed E-state index contributed by atoms with van der Waals surface area (Å²) in [6.07, 6.45) is -0.444. The maximum atomic E-state index is 13.3. The van der Waals surface area contributed by atoms with Crippen LogP contribution < -0.4 is 0 Å². The number of sulfone groups is 1. The van der Waals surface area contributed by atoms with Crippen molar-refractivity contribution in [2.75, 3.05) is 0 Å². The molecular weight excluding hydrogens is 420 g/mol. The minimum absolute atomic E-state index is 0.0112. The number of Topliss-reactive ketones (excluding diaryl/α,β-unsaturated/α-hetero) is 2. The first kappa shape index (κ1) is 21.9. The first-order valence-electron chi connectivity index (χ1n) is 9.38. The van der Waals surface area contributed by atoms with Gasteiger partial charge in [-0.05, 0) is 50.2 Å². The van der Waals surface area contributed by atoms with Gasteiger partial charge in [-0.25, -0.2) is 8.42 Å². The van der Waals surface area contributed by atoms with Gasteiger partial charge in [0.1, 0.15) is 5.25 Å². The highest BCUT2D eigenvalue weighted by Gasteiger charge is 2.36. The second kappa shape index (κ2) is 8.94. The zero-order chi connectivity index (χ0) is 21.9. The molecule has 3 rings (SSSR count). The van der Waals surface area contributed by atoms with Crippen LogP contribution >= 0.6 is 11.6 Å². The van der Waals surface area contributed by atoms with E-state index in [9.17, 15) is 18.0 Å². The number of carbonyl (C=O) groups is 2. The molecule has 154 valence electrons. The van der Waals surface area contributed by atoms with Crippen molar-refractivity contribution >= 4 is 33.0 Å². The first-order valence-corrected chi connectivity index (χ1v) is 11.3. The predicted molar refractivity (Wildman–Crippen MR) is 118 cm³/mol. The van der Waals surface area contributed by atoms with Crippen molar-refractivity contribution in [3.05, 3.63) is 100 Å². The molecule has 3 aromatic carbocycles. The molecule has 0 amide bonds. The summed E-state index contributed by atoms with van der Waals surface area (Å²) in [5.41, 5.74) is 2.43. The largest absolute Gasteiger partial charge is 0.294 e. The number of hydrogen-bond donors (Lipinski definition) is 0.